The van der Waals surface area contributed by atoms with Gasteiger partial charge in [-0.25, -0.2) is 0 Å². The monoisotopic (exact) mass is 785 g/mol. The van der Waals surface area contributed by atoms with Crippen LogP contribution in [-0.4, -0.2) is 0 Å². The molecule has 0 amide bonds. The zero-order chi connectivity index (χ0) is 40.7. The Morgan fingerprint density at radius 1 is 0.426 bits per heavy atom. The van der Waals surface area contributed by atoms with E-state index in [0.29, 0.717) is 0 Å². The molecule has 1 aliphatic rings. The van der Waals surface area contributed by atoms with E-state index in [0.717, 1.165) is 79.0 Å². The number of benzene rings is 9. The highest BCUT2D eigenvalue weighted by Gasteiger charge is 2.36. The quantitative estimate of drug-likeness (QED) is 0.146. The summed E-state index contributed by atoms with van der Waals surface area (Å²) in [5, 5.41) is 2.12. The van der Waals surface area contributed by atoms with Crippen molar-refractivity contribution < 1.29 is 9.15 Å². The zero-order valence-electron chi connectivity index (χ0n) is 33.9. The highest BCUT2D eigenvalue weighted by molar-refractivity contribution is 6.10. The minimum atomic E-state index is -0.0365. The molecule has 9 aromatic carbocycles. The number of hydrogen-bond acceptors (Lipinski definition) is 3. The fraction of sp³-hybridized carbons (Fsp3) is 0.0690. The predicted molar refractivity (Wildman–Crippen MR) is 253 cm³/mol. The molecule has 0 saturated carbocycles. The van der Waals surface area contributed by atoms with E-state index in [1.165, 1.54) is 27.8 Å². The maximum Gasteiger partial charge on any atom is 0.139 e. The van der Waals surface area contributed by atoms with Crippen LogP contribution in [0.1, 0.15) is 36.5 Å². The summed E-state index contributed by atoms with van der Waals surface area (Å²) in [6, 6.07) is 78.1. The minimum Gasteiger partial charge on any atom is -0.484 e. The maximum absolute atomic E-state index is 6.94. The molecule has 3 heteroatoms. The number of para-hydroxylation sites is 1. The van der Waals surface area contributed by atoms with Crippen molar-refractivity contribution in [3.05, 3.63) is 230 Å². The average Bonchev–Trinajstić information content (AvgIpc) is 3.91. The Morgan fingerprint density at radius 2 is 1.00 bits per heavy atom. The molecular weight excluding hydrogens is 743 g/mol. The average molecular weight is 786 g/mol. The fourth-order valence-electron chi connectivity index (χ4n) is 9.30. The molecule has 2 unspecified atom stereocenters. The summed E-state index contributed by atoms with van der Waals surface area (Å²) in [6.45, 7) is 2.25. The molecule has 0 spiro atoms. The second-order valence-corrected chi connectivity index (χ2v) is 15.9. The van der Waals surface area contributed by atoms with Crippen molar-refractivity contribution in [2.45, 2.75) is 25.4 Å². The molecule has 292 valence electrons. The lowest BCUT2D eigenvalue weighted by molar-refractivity contribution is 0.209. The second kappa shape index (κ2) is 15.5. The summed E-state index contributed by atoms with van der Waals surface area (Å²) < 4.78 is 13.5. The van der Waals surface area contributed by atoms with Gasteiger partial charge in [-0.15, -0.1) is 0 Å². The molecule has 61 heavy (non-hydrogen) atoms. The number of furan rings is 1. The zero-order valence-corrected chi connectivity index (χ0v) is 33.9. The number of nitrogens with zero attached hydrogens (tertiary/aromatic N) is 1. The SMILES string of the molecule is CCC1c2ccc3oc4ccc(-c5ccc(N(c6ccccc6)c6cccc(-c7ccc(-c8ccccc8)cc7)c6)cc5-c5ccccc5)cc4c3c2OC1c1ccccc1. The molecule has 3 nitrogen and oxygen atoms in total. The van der Waals surface area contributed by atoms with Crippen LogP contribution < -0.4 is 9.64 Å². The fourth-order valence-corrected chi connectivity index (χ4v) is 9.30. The van der Waals surface area contributed by atoms with E-state index in [4.69, 9.17) is 9.15 Å². The van der Waals surface area contributed by atoms with E-state index in [2.05, 4.69) is 230 Å². The van der Waals surface area contributed by atoms with E-state index in [9.17, 15) is 0 Å². The summed E-state index contributed by atoms with van der Waals surface area (Å²) in [5.41, 5.74) is 16.7. The first-order valence-corrected chi connectivity index (χ1v) is 21.2. The highest BCUT2D eigenvalue weighted by Crippen LogP contribution is 2.53. The highest BCUT2D eigenvalue weighted by atomic mass is 16.5. The van der Waals surface area contributed by atoms with Gasteiger partial charge < -0.3 is 14.1 Å². The molecule has 0 radical (unpaired) electrons. The van der Waals surface area contributed by atoms with Gasteiger partial charge in [-0.1, -0.05) is 171 Å². The molecule has 1 aliphatic heterocycles. The summed E-state index contributed by atoms with van der Waals surface area (Å²) in [6.07, 6.45) is 0.948. The third-order valence-corrected chi connectivity index (χ3v) is 12.3. The van der Waals surface area contributed by atoms with Gasteiger partial charge in [0.15, 0.2) is 0 Å². The molecule has 0 N–H and O–H groups in total. The van der Waals surface area contributed by atoms with E-state index in [-0.39, 0.29) is 12.0 Å². The molecular formula is C58H43NO2. The first kappa shape index (κ1) is 36.5. The van der Waals surface area contributed by atoms with Gasteiger partial charge in [0.05, 0.1) is 5.39 Å². The summed E-state index contributed by atoms with van der Waals surface area (Å²) in [5.74, 6) is 1.21. The van der Waals surface area contributed by atoms with Gasteiger partial charge in [-0.2, -0.15) is 0 Å². The molecule has 0 bridgehead atoms. The molecule has 0 fully saturated rings. The molecule has 2 atom stereocenters. The number of hydrogen-bond donors (Lipinski definition) is 0. The van der Waals surface area contributed by atoms with Crippen LogP contribution in [-0.2, 0) is 0 Å². The maximum atomic E-state index is 6.94. The van der Waals surface area contributed by atoms with Crippen molar-refractivity contribution in [1.82, 2.24) is 0 Å². The number of fused-ring (bicyclic) bond motifs is 5. The molecule has 0 saturated heterocycles. The summed E-state index contributed by atoms with van der Waals surface area (Å²) in [7, 11) is 0. The lowest BCUT2D eigenvalue weighted by atomic mass is 9.88. The Balaban J connectivity index is 1.02. The van der Waals surface area contributed by atoms with Gasteiger partial charge in [0.1, 0.15) is 23.0 Å². The van der Waals surface area contributed by atoms with Gasteiger partial charge in [0.25, 0.3) is 0 Å². The molecule has 1 aromatic heterocycles. The first-order valence-electron chi connectivity index (χ1n) is 21.2. The second-order valence-electron chi connectivity index (χ2n) is 15.9. The van der Waals surface area contributed by atoms with Crippen molar-refractivity contribution in [2.75, 3.05) is 4.90 Å². The van der Waals surface area contributed by atoms with Gasteiger partial charge in [-0.05, 0) is 111 Å². The van der Waals surface area contributed by atoms with Crippen molar-refractivity contribution in [1.29, 1.82) is 0 Å². The number of rotatable bonds is 9. The van der Waals surface area contributed by atoms with E-state index >= 15 is 0 Å². The third kappa shape index (κ3) is 6.65. The van der Waals surface area contributed by atoms with E-state index in [1.807, 2.05) is 0 Å². The van der Waals surface area contributed by atoms with Crippen LogP contribution in [0.4, 0.5) is 17.1 Å². The normalized spacial score (nSPS) is 14.5. The van der Waals surface area contributed by atoms with Crippen LogP contribution in [0.3, 0.4) is 0 Å². The van der Waals surface area contributed by atoms with Gasteiger partial charge in [0, 0.05) is 33.9 Å². The molecule has 10 aromatic rings. The van der Waals surface area contributed by atoms with Crippen molar-refractivity contribution >= 4 is 39.0 Å². The van der Waals surface area contributed by atoms with E-state index < -0.39 is 0 Å². The van der Waals surface area contributed by atoms with Crippen molar-refractivity contribution in [3.8, 4) is 50.3 Å². The van der Waals surface area contributed by atoms with Crippen LogP contribution in [0.15, 0.2) is 223 Å². The molecule has 11 rings (SSSR count). The van der Waals surface area contributed by atoms with Crippen molar-refractivity contribution in [2.24, 2.45) is 0 Å². The van der Waals surface area contributed by atoms with Crippen molar-refractivity contribution in [3.63, 3.8) is 0 Å². The smallest absolute Gasteiger partial charge is 0.139 e. The molecule has 0 aliphatic carbocycles. The molecule has 2 heterocycles. The Hall–Kier alpha value is -7.62. The Bertz CT molecular complexity index is 3140. The van der Waals surface area contributed by atoms with Crippen LogP contribution in [0, 0.1) is 0 Å². The largest absolute Gasteiger partial charge is 0.484 e. The predicted octanol–water partition coefficient (Wildman–Crippen LogP) is 16.4. The Morgan fingerprint density at radius 3 is 1.72 bits per heavy atom. The minimum absolute atomic E-state index is 0.0365. The first-order chi connectivity index (χ1) is 30.2. The lowest BCUT2D eigenvalue weighted by Crippen LogP contribution is -2.10. The third-order valence-electron chi connectivity index (χ3n) is 12.3. The number of ether oxygens (including phenoxy) is 1. The van der Waals surface area contributed by atoms with Gasteiger partial charge in [0.2, 0.25) is 0 Å². The standard InChI is InChI=1S/C58H43NO2/c1-2-49-51-33-35-55-56(58(51)61-57(49)43-20-11-5-12-21-43)53-37-45(30-34-54(53)60-55)50-32-31-48(38-52(50)42-18-9-4-10-19-42)59(46-23-13-6-14-24-46)47-25-15-22-44(36-47)41-28-26-40(27-29-41)39-16-7-3-8-17-39/h3-38,49,57H,2H2,1H3. The summed E-state index contributed by atoms with van der Waals surface area (Å²) >= 11 is 0. The van der Waals surface area contributed by atoms with Crippen LogP contribution >= 0.6 is 0 Å². The number of anilines is 3. The van der Waals surface area contributed by atoms with Crippen LogP contribution in [0.25, 0.3) is 66.4 Å². The Labute approximate surface area is 356 Å². The lowest BCUT2D eigenvalue weighted by Gasteiger charge is -2.27. The Kier molecular flexibility index (Phi) is 9.28. The van der Waals surface area contributed by atoms with Gasteiger partial charge in [-0.3, -0.25) is 0 Å². The van der Waals surface area contributed by atoms with Crippen LogP contribution in [0.5, 0.6) is 5.75 Å². The topological polar surface area (TPSA) is 25.6 Å². The van der Waals surface area contributed by atoms with Gasteiger partial charge >= 0.3 is 0 Å². The van der Waals surface area contributed by atoms with E-state index in [1.54, 1.807) is 0 Å². The summed E-state index contributed by atoms with van der Waals surface area (Å²) in [4.78, 5) is 2.36. The van der Waals surface area contributed by atoms with Crippen LogP contribution in [0.2, 0.25) is 0 Å².